The lowest BCUT2D eigenvalue weighted by molar-refractivity contribution is 0.0860. The first-order chi connectivity index (χ1) is 8.99. The molecule has 0 spiro atoms. The molecule has 1 aromatic carbocycles. The molecule has 2 rings (SSSR count). The predicted molar refractivity (Wildman–Crippen MR) is 79.5 cm³/mol. The number of hydrogen-bond acceptors (Lipinski definition) is 2. The molecule has 1 aliphatic rings. The molecule has 2 unspecified atom stereocenters. The smallest absolute Gasteiger partial charge is 0.179 e. The molecule has 2 nitrogen and oxygen atoms in total. The van der Waals surface area contributed by atoms with Crippen LogP contribution in [0.4, 0.5) is 0 Å². The van der Waals surface area contributed by atoms with Crippen molar-refractivity contribution in [2.24, 2.45) is 11.8 Å². The molecule has 0 N–H and O–H groups in total. The van der Waals surface area contributed by atoms with Gasteiger partial charge in [-0.1, -0.05) is 43.7 Å². The third kappa shape index (κ3) is 3.24. The summed E-state index contributed by atoms with van der Waals surface area (Å²) in [6, 6.07) is 7.93. The molecule has 0 aromatic heterocycles. The minimum absolute atomic E-state index is 0.00598. The molecule has 0 radical (unpaired) electrons. The third-order valence-electron chi connectivity index (χ3n) is 4.46. The maximum absolute atomic E-state index is 12.5. The Morgan fingerprint density at radius 1 is 1.21 bits per heavy atom. The Morgan fingerprint density at radius 2 is 1.84 bits per heavy atom. The van der Waals surface area contributed by atoms with E-state index in [0.29, 0.717) is 5.92 Å². The van der Waals surface area contributed by atoms with Gasteiger partial charge in [-0.25, -0.2) is 0 Å². The molecule has 1 aromatic rings. The normalized spacial score (nSPS) is 21.8. The average Bonchev–Trinajstić information content (AvgIpc) is 2.87. The highest BCUT2D eigenvalue weighted by Gasteiger charge is 2.31. The third-order valence-corrected chi connectivity index (χ3v) is 4.46. The Morgan fingerprint density at radius 3 is 2.37 bits per heavy atom. The molecule has 1 fully saturated rings. The van der Waals surface area contributed by atoms with Crippen molar-refractivity contribution in [2.45, 2.75) is 40.2 Å². The van der Waals surface area contributed by atoms with Crippen molar-refractivity contribution in [1.29, 1.82) is 0 Å². The molecule has 1 saturated heterocycles. The summed E-state index contributed by atoms with van der Waals surface area (Å²) >= 11 is 0. The van der Waals surface area contributed by atoms with Crippen LogP contribution >= 0.6 is 0 Å². The van der Waals surface area contributed by atoms with E-state index in [9.17, 15) is 4.79 Å². The maximum atomic E-state index is 12.5. The quantitative estimate of drug-likeness (QED) is 0.771. The fourth-order valence-corrected chi connectivity index (χ4v) is 2.84. The van der Waals surface area contributed by atoms with E-state index in [-0.39, 0.29) is 11.8 Å². The predicted octanol–water partition coefficient (Wildman–Crippen LogP) is 3.54. The second-order valence-corrected chi connectivity index (χ2v) is 6.19. The van der Waals surface area contributed by atoms with E-state index in [1.807, 2.05) is 38.1 Å². The van der Waals surface area contributed by atoms with Crippen molar-refractivity contribution in [1.82, 2.24) is 4.90 Å². The first kappa shape index (κ1) is 14.3. The zero-order chi connectivity index (χ0) is 14.0. The Labute approximate surface area is 116 Å². The summed E-state index contributed by atoms with van der Waals surface area (Å²) in [5.41, 5.74) is 2.04. The van der Waals surface area contributed by atoms with Gasteiger partial charge in [0.2, 0.25) is 0 Å². The number of likely N-dealkylation sites (tertiary alicyclic amines) is 1. The summed E-state index contributed by atoms with van der Waals surface area (Å²) in [5, 5.41) is 0. The van der Waals surface area contributed by atoms with E-state index < -0.39 is 0 Å². The standard InChI is InChI=1S/C17H25NO/c1-12(2)16-9-10-18(11-16)14(4)17(19)15-7-5-13(3)6-8-15/h5-8,12,14,16H,9-11H2,1-4H3. The highest BCUT2D eigenvalue weighted by Crippen LogP contribution is 2.26. The van der Waals surface area contributed by atoms with Crippen molar-refractivity contribution < 1.29 is 4.79 Å². The SMILES string of the molecule is Cc1ccc(C(=O)C(C)N2CCC(C(C)C)C2)cc1. The fourth-order valence-electron chi connectivity index (χ4n) is 2.84. The number of aryl methyl sites for hydroxylation is 1. The van der Waals surface area contributed by atoms with E-state index in [2.05, 4.69) is 18.7 Å². The van der Waals surface area contributed by atoms with Gasteiger partial charge in [-0.05, 0) is 38.6 Å². The van der Waals surface area contributed by atoms with Gasteiger partial charge in [-0.2, -0.15) is 0 Å². The summed E-state index contributed by atoms with van der Waals surface area (Å²) in [6.45, 7) is 10.8. The summed E-state index contributed by atoms with van der Waals surface area (Å²) < 4.78 is 0. The summed E-state index contributed by atoms with van der Waals surface area (Å²) in [6.07, 6.45) is 1.23. The maximum Gasteiger partial charge on any atom is 0.179 e. The molecule has 2 heteroatoms. The lowest BCUT2D eigenvalue weighted by Crippen LogP contribution is -2.37. The van der Waals surface area contributed by atoms with E-state index in [1.165, 1.54) is 12.0 Å². The largest absolute Gasteiger partial charge is 0.293 e. The minimum atomic E-state index is 0.00598. The highest BCUT2D eigenvalue weighted by molar-refractivity contribution is 5.99. The molecule has 0 amide bonds. The molecule has 19 heavy (non-hydrogen) atoms. The molecule has 104 valence electrons. The van der Waals surface area contributed by atoms with Crippen LogP contribution in [0.1, 0.15) is 43.1 Å². The van der Waals surface area contributed by atoms with Crippen LogP contribution in [0.15, 0.2) is 24.3 Å². The minimum Gasteiger partial charge on any atom is -0.293 e. The summed E-state index contributed by atoms with van der Waals surface area (Å²) in [7, 11) is 0. The topological polar surface area (TPSA) is 20.3 Å². The number of hydrogen-bond donors (Lipinski definition) is 0. The zero-order valence-electron chi connectivity index (χ0n) is 12.5. The van der Waals surface area contributed by atoms with Crippen LogP contribution in [0.2, 0.25) is 0 Å². The van der Waals surface area contributed by atoms with Crippen LogP contribution in [0.25, 0.3) is 0 Å². The Bertz CT molecular complexity index is 435. The molecule has 0 saturated carbocycles. The van der Waals surface area contributed by atoms with Gasteiger partial charge in [0.25, 0.3) is 0 Å². The van der Waals surface area contributed by atoms with Crippen molar-refractivity contribution in [3.63, 3.8) is 0 Å². The Kier molecular flexibility index (Phi) is 4.41. The van der Waals surface area contributed by atoms with E-state index in [0.717, 1.165) is 24.6 Å². The van der Waals surface area contributed by atoms with E-state index in [4.69, 9.17) is 0 Å². The van der Waals surface area contributed by atoms with Crippen LogP contribution < -0.4 is 0 Å². The lowest BCUT2D eigenvalue weighted by Gasteiger charge is -2.24. The van der Waals surface area contributed by atoms with Gasteiger partial charge in [-0.15, -0.1) is 0 Å². The molecular weight excluding hydrogens is 234 g/mol. The van der Waals surface area contributed by atoms with Gasteiger partial charge < -0.3 is 0 Å². The fraction of sp³-hybridized carbons (Fsp3) is 0.588. The van der Waals surface area contributed by atoms with Crippen LogP contribution in [-0.4, -0.2) is 29.8 Å². The summed E-state index contributed by atoms with van der Waals surface area (Å²) in [4.78, 5) is 14.8. The lowest BCUT2D eigenvalue weighted by atomic mass is 9.95. The molecule has 2 atom stereocenters. The second-order valence-electron chi connectivity index (χ2n) is 6.19. The average molecular weight is 259 g/mol. The van der Waals surface area contributed by atoms with E-state index >= 15 is 0 Å². The van der Waals surface area contributed by atoms with Crippen LogP contribution in [0.5, 0.6) is 0 Å². The van der Waals surface area contributed by atoms with Crippen LogP contribution in [0, 0.1) is 18.8 Å². The molecule has 1 heterocycles. The van der Waals surface area contributed by atoms with Crippen molar-refractivity contribution in [3.8, 4) is 0 Å². The second kappa shape index (κ2) is 5.87. The van der Waals surface area contributed by atoms with Crippen molar-refractivity contribution in [2.75, 3.05) is 13.1 Å². The Hall–Kier alpha value is -1.15. The van der Waals surface area contributed by atoms with Gasteiger partial charge in [0, 0.05) is 12.1 Å². The van der Waals surface area contributed by atoms with Gasteiger partial charge in [0.1, 0.15) is 0 Å². The Balaban J connectivity index is 2.02. The number of carbonyl (C=O) groups excluding carboxylic acids is 1. The van der Waals surface area contributed by atoms with Gasteiger partial charge in [0.15, 0.2) is 5.78 Å². The zero-order valence-corrected chi connectivity index (χ0v) is 12.5. The number of nitrogens with zero attached hydrogens (tertiary/aromatic N) is 1. The first-order valence-electron chi connectivity index (χ1n) is 7.34. The molecule has 0 bridgehead atoms. The number of Topliss-reactive ketones (excluding diaryl/α,β-unsaturated/α-hetero) is 1. The van der Waals surface area contributed by atoms with Crippen molar-refractivity contribution in [3.05, 3.63) is 35.4 Å². The number of ketones is 1. The number of carbonyl (C=O) groups is 1. The van der Waals surface area contributed by atoms with Crippen LogP contribution in [0.3, 0.4) is 0 Å². The monoisotopic (exact) mass is 259 g/mol. The van der Waals surface area contributed by atoms with Gasteiger partial charge >= 0.3 is 0 Å². The number of rotatable bonds is 4. The van der Waals surface area contributed by atoms with E-state index in [1.54, 1.807) is 0 Å². The first-order valence-corrected chi connectivity index (χ1v) is 7.34. The number of benzene rings is 1. The van der Waals surface area contributed by atoms with Gasteiger partial charge in [-0.3, -0.25) is 9.69 Å². The highest BCUT2D eigenvalue weighted by atomic mass is 16.1. The van der Waals surface area contributed by atoms with Gasteiger partial charge in [0.05, 0.1) is 6.04 Å². The van der Waals surface area contributed by atoms with Crippen LogP contribution in [-0.2, 0) is 0 Å². The molecular formula is C17H25NO. The molecule has 0 aliphatic carbocycles. The van der Waals surface area contributed by atoms with Crippen molar-refractivity contribution >= 4 is 5.78 Å². The summed E-state index contributed by atoms with van der Waals surface area (Å²) in [5.74, 6) is 1.71. The molecule has 1 aliphatic heterocycles.